The van der Waals surface area contributed by atoms with Crippen LogP contribution in [0.1, 0.15) is 16.8 Å². The molecule has 2 aromatic carbocycles. The van der Waals surface area contributed by atoms with Crippen LogP contribution in [0.4, 0.5) is 17.1 Å². The van der Waals surface area contributed by atoms with Crippen molar-refractivity contribution in [2.45, 2.75) is 6.42 Å². The van der Waals surface area contributed by atoms with Gasteiger partial charge in [0.25, 0.3) is 0 Å². The van der Waals surface area contributed by atoms with Crippen molar-refractivity contribution in [2.75, 3.05) is 23.8 Å². The molecular weight excluding hydrogens is 268 g/mol. The van der Waals surface area contributed by atoms with Crippen molar-refractivity contribution < 1.29 is 14.6 Å². The fourth-order valence-electron chi connectivity index (χ4n) is 2.55. The molecule has 1 aliphatic heterocycles. The molecule has 0 aromatic heterocycles. The van der Waals surface area contributed by atoms with Crippen LogP contribution in [-0.4, -0.2) is 24.2 Å². The van der Waals surface area contributed by atoms with Crippen molar-refractivity contribution in [3.8, 4) is 5.75 Å². The van der Waals surface area contributed by atoms with Gasteiger partial charge in [0.05, 0.1) is 29.2 Å². The Labute approximate surface area is 122 Å². The van der Waals surface area contributed by atoms with Gasteiger partial charge >= 0.3 is 5.97 Å². The lowest BCUT2D eigenvalue weighted by Gasteiger charge is -2.25. The number of carbonyl (C=O) groups is 1. The first kappa shape index (κ1) is 13.3. The number of hydrogen-bond acceptors (Lipinski definition) is 4. The number of benzene rings is 2. The van der Waals surface area contributed by atoms with Gasteiger partial charge in [0.1, 0.15) is 5.75 Å². The zero-order chi connectivity index (χ0) is 14.8. The first-order valence-corrected chi connectivity index (χ1v) is 6.79. The molecule has 0 saturated heterocycles. The largest absolute Gasteiger partial charge is 0.491 e. The van der Waals surface area contributed by atoms with Crippen LogP contribution in [-0.2, 0) is 0 Å². The van der Waals surface area contributed by atoms with E-state index in [9.17, 15) is 9.90 Å². The van der Waals surface area contributed by atoms with Crippen molar-refractivity contribution in [1.82, 2.24) is 0 Å². The smallest absolute Gasteiger partial charge is 0.337 e. The summed E-state index contributed by atoms with van der Waals surface area (Å²) in [6.07, 6.45) is 0.839. The zero-order valence-corrected chi connectivity index (χ0v) is 11.5. The SMILES string of the molecule is Nc1c(C(=O)O)cccc1N1CCCOc2ccccc21. The third-order valence-electron chi connectivity index (χ3n) is 3.54. The third kappa shape index (κ3) is 2.38. The number of nitrogens with zero attached hydrogens (tertiary/aromatic N) is 1. The van der Waals surface area contributed by atoms with E-state index in [-0.39, 0.29) is 11.3 Å². The van der Waals surface area contributed by atoms with Gasteiger partial charge in [-0.3, -0.25) is 0 Å². The third-order valence-corrected chi connectivity index (χ3v) is 3.54. The summed E-state index contributed by atoms with van der Waals surface area (Å²) < 4.78 is 5.72. The first-order chi connectivity index (χ1) is 10.2. The molecule has 21 heavy (non-hydrogen) atoms. The Kier molecular flexibility index (Phi) is 3.39. The molecule has 0 amide bonds. The van der Waals surface area contributed by atoms with E-state index in [0.29, 0.717) is 12.3 Å². The predicted octanol–water partition coefficient (Wildman–Crippen LogP) is 2.89. The summed E-state index contributed by atoms with van der Waals surface area (Å²) in [4.78, 5) is 13.3. The van der Waals surface area contributed by atoms with Crippen LogP contribution < -0.4 is 15.4 Å². The molecule has 0 unspecified atom stereocenters. The van der Waals surface area contributed by atoms with Gasteiger partial charge in [-0.1, -0.05) is 18.2 Å². The summed E-state index contributed by atoms with van der Waals surface area (Å²) in [6.45, 7) is 1.36. The lowest BCUT2D eigenvalue weighted by Crippen LogP contribution is -2.20. The van der Waals surface area contributed by atoms with E-state index in [2.05, 4.69) is 0 Å². The number of para-hydroxylation sites is 3. The highest BCUT2D eigenvalue weighted by Gasteiger charge is 2.21. The molecule has 0 spiro atoms. The number of nitrogens with two attached hydrogens (primary N) is 1. The quantitative estimate of drug-likeness (QED) is 0.829. The van der Waals surface area contributed by atoms with E-state index in [1.807, 2.05) is 35.2 Å². The minimum absolute atomic E-state index is 0.121. The first-order valence-electron chi connectivity index (χ1n) is 6.79. The van der Waals surface area contributed by atoms with Crippen LogP contribution in [0.15, 0.2) is 42.5 Å². The normalized spacial score (nSPS) is 14.0. The molecule has 0 bridgehead atoms. The van der Waals surface area contributed by atoms with Crippen LogP contribution in [0, 0.1) is 0 Å². The Morgan fingerprint density at radius 1 is 1.14 bits per heavy atom. The standard InChI is InChI=1S/C16H16N2O3/c17-15-11(16(19)20)5-3-7-13(15)18-9-4-10-21-14-8-2-1-6-12(14)18/h1-3,5-8H,4,9-10,17H2,(H,19,20). The second-order valence-electron chi connectivity index (χ2n) is 4.86. The van der Waals surface area contributed by atoms with Crippen molar-refractivity contribution in [3.63, 3.8) is 0 Å². The minimum atomic E-state index is -1.02. The number of carboxylic acids is 1. The Morgan fingerprint density at radius 2 is 1.90 bits per heavy atom. The van der Waals surface area contributed by atoms with Crippen LogP contribution in [0.25, 0.3) is 0 Å². The molecule has 1 aliphatic rings. The van der Waals surface area contributed by atoms with Crippen molar-refractivity contribution in [1.29, 1.82) is 0 Å². The second-order valence-corrected chi connectivity index (χ2v) is 4.86. The number of hydrogen-bond donors (Lipinski definition) is 2. The zero-order valence-electron chi connectivity index (χ0n) is 11.5. The molecular formula is C16H16N2O3. The maximum absolute atomic E-state index is 11.2. The summed E-state index contributed by atoms with van der Waals surface area (Å²) in [5.74, 6) is -0.233. The van der Waals surface area contributed by atoms with Crippen LogP contribution in [0.5, 0.6) is 5.75 Å². The fourth-order valence-corrected chi connectivity index (χ4v) is 2.55. The second kappa shape index (κ2) is 5.36. The lowest BCUT2D eigenvalue weighted by atomic mass is 10.1. The number of fused-ring (bicyclic) bond motifs is 1. The van der Waals surface area contributed by atoms with Crippen molar-refractivity contribution in [3.05, 3.63) is 48.0 Å². The average Bonchev–Trinajstić information content (AvgIpc) is 2.69. The predicted molar refractivity (Wildman–Crippen MR) is 81.4 cm³/mol. The summed E-state index contributed by atoms with van der Waals surface area (Å²) in [6, 6.07) is 12.8. The molecule has 0 radical (unpaired) electrons. The number of ether oxygens (including phenoxy) is 1. The summed E-state index contributed by atoms with van der Waals surface area (Å²) >= 11 is 0. The topological polar surface area (TPSA) is 75.8 Å². The fraction of sp³-hybridized carbons (Fsp3) is 0.188. The molecule has 5 heteroatoms. The summed E-state index contributed by atoms with van der Waals surface area (Å²) in [5.41, 5.74) is 8.07. The van der Waals surface area contributed by atoms with Crippen molar-refractivity contribution in [2.24, 2.45) is 0 Å². The Hall–Kier alpha value is -2.69. The number of nitrogen functional groups attached to an aromatic ring is 1. The number of aromatic carboxylic acids is 1. The summed E-state index contributed by atoms with van der Waals surface area (Å²) in [5, 5.41) is 9.22. The molecule has 3 rings (SSSR count). The maximum Gasteiger partial charge on any atom is 0.337 e. The van der Waals surface area contributed by atoms with Crippen LogP contribution in [0.2, 0.25) is 0 Å². The Morgan fingerprint density at radius 3 is 2.71 bits per heavy atom. The highest BCUT2D eigenvalue weighted by molar-refractivity contribution is 5.98. The molecule has 0 saturated carbocycles. The Bertz CT molecular complexity index is 685. The molecule has 0 fully saturated rings. The minimum Gasteiger partial charge on any atom is -0.491 e. The van der Waals surface area contributed by atoms with E-state index < -0.39 is 5.97 Å². The molecule has 108 valence electrons. The summed E-state index contributed by atoms with van der Waals surface area (Å²) in [7, 11) is 0. The van der Waals surface area contributed by atoms with Gasteiger partial charge < -0.3 is 20.5 Å². The number of anilines is 3. The van der Waals surface area contributed by atoms with Crippen molar-refractivity contribution >= 4 is 23.0 Å². The van der Waals surface area contributed by atoms with E-state index in [1.54, 1.807) is 6.07 Å². The highest BCUT2D eigenvalue weighted by Crippen LogP contribution is 2.39. The maximum atomic E-state index is 11.2. The molecule has 2 aromatic rings. The lowest BCUT2D eigenvalue weighted by molar-refractivity contribution is 0.0698. The van der Waals surface area contributed by atoms with Gasteiger partial charge in [-0.05, 0) is 30.7 Å². The van der Waals surface area contributed by atoms with Gasteiger partial charge in [-0.2, -0.15) is 0 Å². The van der Waals surface area contributed by atoms with Gasteiger partial charge in [-0.25, -0.2) is 4.79 Å². The van der Waals surface area contributed by atoms with Gasteiger partial charge in [0, 0.05) is 6.54 Å². The molecule has 0 atom stereocenters. The molecule has 1 heterocycles. The van der Waals surface area contributed by atoms with E-state index >= 15 is 0 Å². The van der Waals surface area contributed by atoms with Gasteiger partial charge in [-0.15, -0.1) is 0 Å². The molecule has 5 nitrogen and oxygen atoms in total. The van der Waals surface area contributed by atoms with Gasteiger partial charge in [0.15, 0.2) is 0 Å². The molecule has 0 aliphatic carbocycles. The van der Waals surface area contributed by atoms with E-state index in [4.69, 9.17) is 10.5 Å². The average molecular weight is 284 g/mol. The number of rotatable bonds is 2. The van der Waals surface area contributed by atoms with E-state index in [1.165, 1.54) is 6.07 Å². The van der Waals surface area contributed by atoms with Crippen LogP contribution >= 0.6 is 0 Å². The highest BCUT2D eigenvalue weighted by atomic mass is 16.5. The van der Waals surface area contributed by atoms with E-state index in [0.717, 1.165) is 24.4 Å². The monoisotopic (exact) mass is 284 g/mol. The van der Waals surface area contributed by atoms with Crippen LogP contribution in [0.3, 0.4) is 0 Å². The van der Waals surface area contributed by atoms with Gasteiger partial charge in [0.2, 0.25) is 0 Å². The Balaban J connectivity index is 2.12. The number of carboxylic acid groups (broad SMARTS) is 1. The molecule has 3 N–H and O–H groups in total.